The second kappa shape index (κ2) is 4.67. The van der Waals surface area contributed by atoms with Gasteiger partial charge < -0.3 is 10.1 Å². The van der Waals surface area contributed by atoms with Gasteiger partial charge in [-0.25, -0.2) is 0 Å². The Balaban J connectivity index is 1.87. The van der Waals surface area contributed by atoms with Gasteiger partial charge in [0.15, 0.2) is 0 Å². The molecule has 0 aliphatic heterocycles. The normalized spacial score (nSPS) is 15.7. The second-order valence-electron chi connectivity index (χ2n) is 5.08. The fourth-order valence-electron chi connectivity index (χ4n) is 2.50. The number of aryl methyl sites for hydroxylation is 1. The van der Waals surface area contributed by atoms with E-state index >= 15 is 0 Å². The van der Waals surface area contributed by atoms with Crippen molar-refractivity contribution in [2.45, 2.75) is 18.4 Å². The van der Waals surface area contributed by atoms with Crippen LogP contribution in [0.2, 0.25) is 0 Å². The molecule has 0 radical (unpaired) electrons. The number of rotatable bonds is 4. The van der Waals surface area contributed by atoms with Gasteiger partial charge in [-0.05, 0) is 25.0 Å². The van der Waals surface area contributed by atoms with E-state index in [9.17, 15) is 4.79 Å². The van der Waals surface area contributed by atoms with E-state index in [-0.39, 0.29) is 11.4 Å². The summed E-state index contributed by atoms with van der Waals surface area (Å²) in [7, 11) is 3.41. The minimum Gasteiger partial charge on any atom is -0.496 e. The van der Waals surface area contributed by atoms with E-state index in [4.69, 9.17) is 4.74 Å². The van der Waals surface area contributed by atoms with E-state index < -0.39 is 0 Å². The second-order valence-corrected chi connectivity index (χ2v) is 5.08. The van der Waals surface area contributed by atoms with Gasteiger partial charge in [-0.1, -0.05) is 18.2 Å². The maximum atomic E-state index is 12.3. The first kappa shape index (κ1) is 12.7. The molecule has 2 aromatic rings. The fraction of sp³-hybridized carbons (Fsp3) is 0.333. The van der Waals surface area contributed by atoms with Crippen LogP contribution in [0.4, 0.5) is 0 Å². The van der Waals surface area contributed by atoms with Gasteiger partial charge in [-0.15, -0.1) is 0 Å². The van der Waals surface area contributed by atoms with Gasteiger partial charge in [0.05, 0.1) is 12.6 Å². The number of hydrogen-bond donors (Lipinski definition) is 1. The van der Waals surface area contributed by atoms with Crippen LogP contribution in [0.5, 0.6) is 5.75 Å². The molecule has 1 aromatic carbocycles. The van der Waals surface area contributed by atoms with Gasteiger partial charge in [0, 0.05) is 18.8 Å². The lowest BCUT2D eigenvalue weighted by Crippen LogP contribution is -2.36. The first-order valence-corrected chi connectivity index (χ1v) is 6.60. The number of hydrogen-bond acceptors (Lipinski definition) is 3. The molecule has 1 saturated carbocycles. The van der Waals surface area contributed by atoms with Crippen molar-refractivity contribution in [3.05, 3.63) is 47.8 Å². The maximum Gasteiger partial charge on any atom is 0.270 e. The number of methoxy groups -OCH3 is 1. The quantitative estimate of drug-likeness (QED) is 0.923. The van der Waals surface area contributed by atoms with Gasteiger partial charge in [0.2, 0.25) is 0 Å². The Morgan fingerprint density at radius 2 is 2.10 bits per heavy atom. The van der Waals surface area contributed by atoms with Crippen molar-refractivity contribution in [3.8, 4) is 5.75 Å². The Morgan fingerprint density at radius 3 is 2.70 bits per heavy atom. The van der Waals surface area contributed by atoms with Crippen LogP contribution < -0.4 is 10.1 Å². The third-order valence-corrected chi connectivity index (χ3v) is 3.78. The van der Waals surface area contributed by atoms with Crippen LogP contribution in [0.15, 0.2) is 36.5 Å². The molecule has 0 unspecified atom stereocenters. The van der Waals surface area contributed by atoms with Crippen molar-refractivity contribution < 1.29 is 9.53 Å². The predicted octanol–water partition coefficient (Wildman–Crippen LogP) is 1.85. The summed E-state index contributed by atoms with van der Waals surface area (Å²) in [5.74, 6) is 0.712. The largest absolute Gasteiger partial charge is 0.496 e. The lowest BCUT2D eigenvalue weighted by atomic mass is 10.0. The summed E-state index contributed by atoms with van der Waals surface area (Å²) in [6.07, 6.45) is 3.48. The number of carbonyl (C=O) groups is 1. The number of amides is 1. The molecule has 0 saturated heterocycles. The average Bonchev–Trinajstić information content (AvgIpc) is 3.11. The van der Waals surface area contributed by atoms with Crippen molar-refractivity contribution in [2.24, 2.45) is 7.05 Å². The zero-order chi connectivity index (χ0) is 14.2. The summed E-state index contributed by atoms with van der Waals surface area (Å²) in [6, 6.07) is 9.55. The molecule has 104 valence electrons. The smallest absolute Gasteiger partial charge is 0.270 e. The lowest BCUT2D eigenvalue weighted by Gasteiger charge is -2.20. The Hall–Kier alpha value is -2.30. The maximum absolute atomic E-state index is 12.3. The molecule has 1 aromatic heterocycles. The first-order chi connectivity index (χ1) is 9.66. The molecule has 1 heterocycles. The molecular weight excluding hydrogens is 254 g/mol. The van der Waals surface area contributed by atoms with Crippen LogP contribution in [-0.4, -0.2) is 22.8 Å². The Kier molecular flexibility index (Phi) is 2.97. The average molecular weight is 271 g/mol. The van der Waals surface area contributed by atoms with E-state index in [1.54, 1.807) is 31.1 Å². The molecule has 1 aliphatic rings. The minimum absolute atomic E-state index is 0.103. The van der Waals surface area contributed by atoms with E-state index in [2.05, 4.69) is 10.4 Å². The summed E-state index contributed by atoms with van der Waals surface area (Å²) < 4.78 is 6.98. The van der Waals surface area contributed by atoms with Crippen molar-refractivity contribution in [1.29, 1.82) is 0 Å². The predicted molar refractivity (Wildman–Crippen MR) is 74.6 cm³/mol. The third kappa shape index (κ3) is 2.05. The van der Waals surface area contributed by atoms with E-state index in [1.807, 2.05) is 24.3 Å². The molecule has 0 bridgehead atoms. The molecule has 0 spiro atoms. The molecule has 5 nitrogen and oxygen atoms in total. The van der Waals surface area contributed by atoms with Crippen molar-refractivity contribution in [2.75, 3.05) is 7.11 Å². The molecule has 0 atom stereocenters. The topological polar surface area (TPSA) is 56.1 Å². The summed E-state index contributed by atoms with van der Waals surface area (Å²) >= 11 is 0. The zero-order valence-electron chi connectivity index (χ0n) is 11.6. The standard InChI is InChI=1S/C15H17N3O2/c1-18-12(7-10-16-18)14(19)17-15(8-9-15)11-5-3-4-6-13(11)20-2/h3-7,10H,8-9H2,1-2H3,(H,17,19). The number of nitrogens with zero attached hydrogens (tertiary/aromatic N) is 2. The van der Waals surface area contributed by atoms with Crippen LogP contribution >= 0.6 is 0 Å². The Labute approximate surface area is 117 Å². The first-order valence-electron chi connectivity index (χ1n) is 6.60. The molecule has 1 N–H and O–H groups in total. The van der Waals surface area contributed by atoms with Gasteiger partial charge >= 0.3 is 0 Å². The SMILES string of the molecule is COc1ccccc1C1(NC(=O)c2ccnn2C)CC1. The molecule has 1 fully saturated rings. The highest BCUT2D eigenvalue weighted by atomic mass is 16.5. The van der Waals surface area contributed by atoms with Crippen LogP contribution in [0.25, 0.3) is 0 Å². The fourth-order valence-corrected chi connectivity index (χ4v) is 2.50. The molecule has 20 heavy (non-hydrogen) atoms. The summed E-state index contributed by atoms with van der Waals surface area (Å²) in [5.41, 5.74) is 1.30. The van der Waals surface area contributed by atoms with Crippen LogP contribution in [0, 0.1) is 0 Å². The number of aromatic nitrogens is 2. The Bertz CT molecular complexity index is 644. The molecule has 3 rings (SSSR count). The molecule has 1 aliphatic carbocycles. The van der Waals surface area contributed by atoms with Gasteiger partial charge in [-0.3, -0.25) is 9.48 Å². The van der Waals surface area contributed by atoms with Crippen LogP contribution in [0.1, 0.15) is 28.9 Å². The van der Waals surface area contributed by atoms with Crippen LogP contribution in [-0.2, 0) is 12.6 Å². The summed E-state index contributed by atoms with van der Waals surface area (Å²) in [6.45, 7) is 0. The van der Waals surface area contributed by atoms with E-state index in [0.29, 0.717) is 5.69 Å². The number of ether oxygens (including phenoxy) is 1. The van der Waals surface area contributed by atoms with E-state index in [0.717, 1.165) is 24.2 Å². The summed E-state index contributed by atoms with van der Waals surface area (Å²) in [4.78, 5) is 12.3. The Morgan fingerprint density at radius 1 is 1.35 bits per heavy atom. The molecular formula is C15H17N3O2. The molecule has 1 amide bonds. The van der Waals surface area contributed by atoms with Crippen molar-refractivity contribution in [1.82, 2.24) is 15.1 Å². The van der Waals surface area contributed by atoms with E-state index in [1.165, 1.54) is 0 Å². The highest BCUT2D eigenvalue weighted by Crippen LogP contribution is 2.48. The third-order valence-electron chi connectivity index (χ3n) is 3.78. The highest BCUT2D eigenvalue weighted by molar-refractivity contribution is 5.93. The van der Waals surface area contributed by atoms with Crippen molar-refractivity contribution in [3.63, 3.8) is 0 Å². The number of carbonyl (C=O) groups excluding carboxylic acids is 1. The number of benzene rings is 1. The minimum atomic E-state index is -0.298. The van der Waals surface area contributed by atoms with Gasteiger partial charge in [-0.2, -0.15) is 5.10 Å². The number of para-hydroxylation sites is 1. The monoisotopic (exact) mass is 271 g/mol. The van der Waals surface area contributed by atoms with Gasteiger partial charge in [0.25, 0.3) is 5.91 Å². The number of nitrogens with one attached hydrogen (secondary N) is 1. The lowest BCUT2D eigenvalue weighted by molar-refractivity contribution is 0.0920. The zero-order valence-corrected chi connectivity index (χ0v) is 11.6. The summed E-state index contributed by atoms with van der Waals surface area (Å²) in [5, 5.41) is 7.15. The molecule has 5 heteroatoms. The van der Waals surface area contributed by atoms with Crippen LogP contribution in [0.3, 0.4) is 0 Å². The highest BCUT2D eigenvalue weighted by Gasteiger charge is 2.47. The van der Waals surface area contributed by atoms with Crippen molar-refractivity contribution >= 4 is 5.91 Å². The van der Waals surface area contributed by atoms with Gasteiger partial charge in [0.1, 0.15) is 11.4 Å².